The van der Waals surface area contributed by atoms with E-state index in [2.05, 4.69) is 10.00 Å². The summed E-state index contributed by atoms with van der Waals surface area (Å²) in [7, 11) is -0.312. The molecule has 0 saturated carbocycles. The van der Waals surface area contributed by atoms with E-state index in [1.807, 2.05) is 48.5 Å². The van der Waals surface area contributed by atoms with Crippen molar-refractivity contribution in [2.75, 3.05) is 40.4 Å². The average Bonchev–Trinajstić information content (AvgIpc) is 3.31. The first-order valence-corrected chi connectivity index (χ1v) is 11.5. The van der Waals surface area contributed by atoms with E-state index in [1.54, 1.807) is 25.1 Å². The van der Waals surface area contributed by atoms with Crippen molar-refractivity contribution >= 4 is 10.0 Å². The van der Waals surface area contributed by atoms with Crippen molar-refractivity contribution in [1.29, 1.82) is 0 Å². The van der Waals surface area contributed by atoms with E-state index >= 15 is 0 Å². The summed E-state index contributed by atoms with van der Waals surface area (Å²) in [6, 6.07) is 15.2. The van der Waals surface area contributed by atoms with Crippen LogP contribution in [0.2, 0.25) is 0 Å². The maximum Gasteiger partial charge on any atom is 0.246 e. The van der Waals surface area contributed by atoms with Crippen LogP contribution in [0.15, 0.2) is 65.8 Å². The first kappa shape index (κ1) is 21.4. The Balaban J connectivity index is 1.42. The van der Waals surface area contributed by atoms with Crippen LogP contribution in [0, 0.1) is 0 Å². The van der Waals surface area contributed by atoms with Crippen molar-refractivity contribution < 1.29 is 17.9 Å². The molecule has 1 aromatic heterocycles. The number of piperazine rings is 1. The number of ether oxygens (including phenoxy) is 2. The molecular formula is C22H26N4O4S. The van der Waals surface area contributed by atoms with Gasteiger partial charge in [-0.25, -0.2) is 13.1 Å². The lowest BCUT2D eigenvalue weighted by Gasteiger charge is -2.34. The molecule has 164 valence electrons. The molecule has 0 bridgehead atoms. The van der Waals surface area contributed by atoms with Crippen LogP contribution in [0.4, 0.5) is 0 Å². The van der Waals surface area contributed by atoms with Crippen molar-refractivity contribution in [3.63, 3.8) is 0 Å². The van der Waals surface area contributed by atoms with Crippen molar-refractivity contribution in [2.24, 2.45) is 0 Å². The first-order chi connectivity index (χ1) is 15.0. The molecule has 0 aliphatic carbocycles. The van der Waals surface area contributed by atoms with Crippen molar-refractivity contribution in [2.45, 2.75) is 11.4 Å². The van der Waals surface area contributed by atoms with Gasteiger partial charge in [0.05, 0.1) is 32.3 Å². The fourth-order valence-electron chi connectivity index (χ4n) is 3.68. The molecule has 2 aromatic carbocycles. The lowest BCUT2D eigenvalue weighted by Crippen LogP contribution is -2.48. The molecule has 2 heterocycles. The van der Waals surface area contributed by atoms with E-state index in [1.165, 1.54) is 10.5 Å². The fraction of sp³-hybridized carbons (Fsp3) is 0.318. The number of hydrogen-bond acceptors (Lipinski definition) is 6. The number of methoxy groups -OCH3 is 2. The van der Waals surface area contributed by atoms with E-state index < -0.39 is 10.0 Å². The van der Waals surface area contributed by atoms with Crippen LogP contribution < -0.4 is 9.47 Å². The molecule has 3 aromatic rings. The molecule has 0 spiro atoms. The fourth-order valence-corrected chi connectivity index (χ4v) is 5.04. The van der Waals surface area contributed by atoms with Gasteiger partial charge >= 0.3 is 0 Å². The number of nitrogens with zero attached hydrogens (tertiary/aromatic N) is 4. The van der Waals surface area contributed by atoms with Crippen LogP contribution in [0.3, 0.4) is 0 Å². The van der Waals surface area contributed by atoms with Crippen LogP contribution >= 0.6 is 0 Å². The van der Waals surface area contributed by atoms with Gasteiger partial charge < -0.3 is 9.47 Å². The second-order valence-corrected chi connectivity index (χ2v) is 9.25. The van der Waals surface area contributed by atoms with Gasteiger partial charge in [-0.05, 0) is 30.3 Å². The van der Waals surface area contributed by atoms with Crippen LogP contribution in [0.1, 0.15) is 5.56 Å². The Bertz CT molecular complexity index is 1120. The Morgan fingerprint density at radius 2 is 1.71 bits per heavy atom. The highest BCUT2D eigenvalue weighted by atomic mass is 32.2. The predicted molar refractivity (Wildman–Crippen MR) is 117 cm³/mol. The Morgan fingerprint density at radius 3 is 2.39 bits per heavy atom. The third kappa shape index (κ3) is 4.58. The minimum absolute atomic E-state index is 0.208. The third-order valence-corrected chi connectivity index (χ3v) is 7.28. The summed E-state index contributed by atoms with van der Waals surface area (Å²) >= 11 is 0. The van der Waals surface area contributed by atoms with Crippen LogP contribution in [-0.4, -0.2) is 67.8 Å². The van der Waals surface area contributed by atoms with Gasteiger partial charge in [0, 0.05) is 38.3 Å². The summed E-state index contributed by atoms with van der Waals surface area (Å²) < 4.78 is 40.1. The monoisotopic (exact) mass is 442 g/mol. The van der Waals surface area contributed by atoms with Crippen LogP contribution in [0.25, 0.3) is 5.69 Å². The second-order valence-electron chi connectivity index (χ2n) is 7.31. The molecule has 4 rings (SSSR count). The molecule has 31 heavy (non-hydrogen) atoms. The van der Waals surface area contributed by atoms with Crippen molar-refractivity contribution in [3.8, 4) is 17.2 Å². The van der Waals surface area contributed by atoms with Gasteiger partial charge in [-0.15, -0.1) is 0 Å². The quantitative estimate of drug-likeness (QED) is 0.559. The van der Waals surface area contributed by atoms with E-state index in [4.69, 9.17) is 9.47 Å². The third-order valence-electron chi connectivity index (χ3n) is 5.43. The average molecular weight is 443 g/mol. The minimum atomic E-state index is -3.59. The largest absolute Gasteiger partial charge is 0.497 e. The summed E-state index contributed by atoms with van der Waals surface area (Å²) in [4.78, 5) is 2.43. The van der Waals surface area contributed by atoms with Gasteiger partial charge in [0.15, 0.2) is 0 Å². The second kappa shape index (κ2) is 9.09. The zero-order chi connectivity index (χ0) is 21.8. The van der Waals surface area contributed by atoms with E-state index in [0.717, 1.165) is 22.7 Å². The molecule has 8 nitrogen and oxygen atoms in total. The van der Waals surface area contributed by atoms with Gasteiger partial charge in [0.25, 0.3) is 0 Å². The predicted octanol–water partition coefficient (Wildman–Crippen LogP) is 2.40. The molecular weight excluding hydrogens is 416 g/mol. The molecule has 0 radical (unpaired) electrons. The maximum absolute atomic E-state index is 13.1. The molecule has 0 atom stereocenters. The van der Waals surface area contributed by atoms with Crippen LogP contribution in [-0.2, 0) is 16.6 Å². The summed E-state index contributed by atoms with van der Waals surface area (Å²) in [6.07, 6.45) is 2.98. The summed E-state index contributed by atoms with van der Waals surface area (Å²) in [5, 5.41) is 4.23. The number of para-hydroxylation sites is 1. The summed E-state index contributed by atoms with van der Waals surface area (Å²) in [6.45, 7) is 2.77. The number of benzene rings is 2. The van der Waals surface area contributed by atoms with Crippen molar-refractivity contribution in [3.05, 3.63) is 66.5 Å². The van der Waals surface area contributed by atoms with Gasteiger partial charge in [-0.1, -0.05) is 18.2 Å². The highest BCUT2D eigenvalue weighted by molar-refractivity contribution is 7.89. The lowest BCUT2D eigenvalue weighted by atomic mass is 10.1. The minimum Gasteiger partial charge on any atom is -0.497 e. The number of aromatic nitrogens is 2. The van der Waals surface area contributed by atoms with E-state index in [-0.39, 0.29) is 4.90 Å². The van der Waals surface area contributed by atoms with Gasteiger partial charge in [-0.3, -0.25) is 4.90 Å². The zero-order valence-corrected chi connectivity index (χ0v) is 18.5. The SMILES string of the molecule is COc1ccc(OC)c(CN2CCN(S(=O)(=O)c3cnn(-c4ccccc4)c3)CC2)c1. The van der Waals surface area contributed by atoms with Crippen molar-refractivity contribution in [1.82, 2.24) is 19.0 Å². The molecule has 1 aliphatic heterocycles. The van der Waals surface area contributed by atoms with E-state index in [0.29, 0.717) is 32.7 Å². The first-order valence-electron chi connectivity index (χ1n) is 10.0. The number of rotatable bonds is 7. The molecule has 0 amide bonds. The highest BCUT2D eigenvalue weighted by Crippen LogP contribution is 2.26. The smallest absolute Gasteiger partial charge is 0.246 e. The molecule has 9 heteroatoms. The van der Waals surface area contributed by atoms with Gasteiger partial charge in [0.2, 0.25) is 10.0 Å². The molecule has 1 saturated heterocycles. The Kier molecular flexibility index (Phi) is 6.26. The Labute approximate surface area is 182 Å². The molecule has 0 unspecified atom stereocenters. The summed E-state index contributed by atoms with van der Waals surface area (Å²) in [5.74, 6) is 1.57. The van der Waals surface area contributed by atoms with Gasteiger partial charge in [0.1, 0.15) is 16.4 Å². The molecule has 1 aliphatic rings. The Morgan fingerprint density at radius 1 is 0.968 bits per heavy atom. The maximum atomic E-state index is 13.1. The van der Waals surface area contributed by atoms with Crippen LogP contribution in [0.5, 0.6) is 11.5 Å². The standard InChI is InChI=1S/C22H26N4O4S/c1-29-20-8-9-22(30-2)18(14-20)16-24-10-12-25(13-11-24)31(27,28)21-15-23-26(17-21)19-6-4-3-5-7-19/h3-9,14-15,17H,10-13,16H2,1-2H3. The number of hydrogen-bond donors (Lipinski definition) is 0. The van der Waals surface area contributed by atoms with E-state index in [9.17, 15) is 8.42 Å². The van der Waals surface area contributed by atoms with Gasteiger partial charge in [-0.2, -0.15) is 9.40 Å². The summed E-state index contributed by atoms with van der Waals surface area (Å²) in [5.41, 5.74) is 1.84. The number of sulfonamides is 1. The zero-order valence-electron chi connectivity index (χ0n) is 17.6. The lowest BCUT2D eigenvalue weighted by molar-refractivity contribution is 0.180. The topological polar surface area (TPSA) is 76.9 Å². The highest BCUT2D eigenvalue weighted by Gasteiger charge is 2.30. The molecule has 1 fully saturated rings. The molecule has 0 N–H and O–H groups in total. The normalized spacial score (nSPS) is 15.7. The Hall–Kier alpha value is -2.88.